The highest BCUT2D eigenvalue weighted by Crippen LogP contribution is 2.51. The molecule has 7 heteroatoms. The molecule has 3 unspecified atom stereocenters. The van der Waals surface area contributed by atoms with Gasteiger partial charge < -0.3 is 0 Å². The fourth-order valence-corrected chi connectivity index (χ4v) is 1.91. The average molecular weight is 256 g/mol. The van der Waals surface area contributed by atoms with Crippen LogP contribution in [0.25, 0.3) is 0 Å². The van der Waals surface area contributed by atoms with Gasteiger partial charge in [0.05, 0.1) is 5.56 Å². The summed E-state index contributed by atoms with van der Waals surface area (Å²) < 4.78 is 37.1. The van der Waals surface area contributed by atoms with Crippen molar-refractivity contribution in [2.24, 2.45) is 0 Å². The molecule has 2 fully saturated rings. The second-order valence-corrected chi connectivity index (χ2v) is 4.16. The third-order valence-electron chi connectivity index (χ3n) is 2.97. The lowest BCUT2D eigenvalue weighted by atomic mass is 10.0. The van der Waals surface area contributed by atoms with Crippen LogP contribution in [0.1, 0.15) is 23.7 Å². The summed E-state index contributed by atoms with van der Waals surface area (Å²) in [5.41, 5.74) is -1.16. The molecule has 3 atom stereocenters. The van der Waals surface area contributed by atoms with E-state index in [1.807, 2.05) is 6.07 Å². The van der Waals surface area contributed by atoms with Crippen molar-refractivity contribution in [1.29, 1.82) is 5.26 Å². The van der Waals surface area contributed by atoms with Crippen molar-refractivity contribution in [3.05, 3.63) is 35.4 Å². The Kier molecular flexibility index (Phi) is 2.20. The molecular formula is C11H7F3N2O2. The number of halogens is 3. The van der Waals surface area contributed by atoms with Crippen LogP contribution in [0.15, 0.2) is 24.3 Å². The van der Waals surface area contributed by atoms with Gasteiger partial charge >= 0.3 is 6.18 Å². The first-order valence-corrected chi connectivity index (χ1v) is 5.19. The number of nitriles is 1. The van der Waals surface area contributed by atoms with Crippen LogP contribution in [0, 0.1) is 11.3 Å². The molecule has 2 saturated heterocycles. The van der Waals surface area contributed by atoms with Gasteiger partial charge in [-0.15, -0.1) is 0 Å². The molecule has 4 nitrogen and oxygen atoms in total. The average Bonchev–Trinajstić information content (AvgIpc) is 2.91. The summed E-state index contributed by atoms with van der Waals surface area (Å²) in [7, 11) is 0. The first kappa shape index (κ1) is 11.5. The molecule has 94 valence electrons. The number of rotatable bonds is 1. The maximum atomic E-state index is 12.4. The molecule has 0 aliphatic carbocycles. The Morgan fingerprint density at radius 3 is 2.50 bits per heavy atom. The lowest BCUT2D eigenvalue weighted by Crippen LogP contribution is -2.08. The van der Waals surface area contributed by atoms with Crippen LogP contribution in [0.3, 0.4) is 0 Å². The predicted molar refractivity (Wildman–Crippen MR) is 51.2 cm³/mol. The maximum Gasteiger partial charge on any atom is 0.416 e. The standard InChI is InChI=1S/C11H7F3N2O2/c12-11(13,14)8-3-1-7(2-4-8)9-5-10(6-15)16(17-9)18-10/h1-4,9H,5H2. The molecule has 3 rings (SSSR count). The van der Waals surface area contributed by atoms with Gasteiger partial charge in [-0.05, 0) is 22.9 Å². The minimum atomic E-state index is -4.35. The van der Waals surface area contributed by atoms with Gasteiger partial charge in [0.15, 0.2) is 0 Å². The normalized spacial score (nSPS) is 33.9. The quantitative estimate of drug-likeness (QED) is 0.724. The SMILES string of the molecule is N#CC12CC(c3ccc(C(F)(F)F)cc3)ON1O2. The summed E-state index contributed by atoms with van der Waals surface area (Å²) in [6.07, 6.45) is -4.51. The van der Waals surface area contributed by atoms with Crippen molar-refractivity contribution < 1.29 is 22.8 Å². The lowest BCUT2D eigenvalue weighted by molar-refractivity contribution is -0.191. The number of benzene rings is 1. The molecule has 0 amide bonds. The summed E-state index contributed by atoms with van der Waals surface area (Å²) in [5, 5.41) is 9.92. The number of alkyl halides is 3. The third-order valence-corrected chi connectivity index (χ3v) is 2.97. The molecule has 0 aromatic heterocycles. The summed E-state index contributed by atoms with van der Waals surface area (Å²) in [6.45, 7) is 0. The number of hydrogen-bond acceptors (Lipinski definition) is 4. The van der Waals surface area contributed by atoms with E-state index in [1.54, 1.807) is 0 Å². The Balaban J connectivity index is 1.78. The largest absolute Gasteiger partial charge is 0.416 e. The molecule has 0 bridgehead atoms. The fourth-order valence-electron chi connectivity index (χ4n) is 1.91. The molecule has 1 aromatic carbocycles. The van der Waals surface area contributed by atoms with Crippen molar-refractivity contribution in [1.82, 2.24) is 5.23 Å². The van der Waals surface area contributed by atoms with Crippen LogP contribution < -0.4 is 0 Å². The molecule has 0 radical (unpaired) electrons. The molecule has 0 N–H and O–H groups in total. The number of fused-ring (bicyclic) bond motifs is 1. The summed E-state index contributed by atoms with van der Waals surface area (Å²) in [6, 6.07) is 6.65. The molecule has 1 aromatic rings. The zero-order chi connectivity index (χ0) is 13.0. The topological polar surface area (TPSA) is 48.6 Å². The summed E-state index contributed by atoms with van der Waals surface area (Å²) in [4.78, 5) is 10.1. The van der Waals surface area contributed by atoms with Gasteiger partial charge in [0.25, 0.3) is 5.72 Å². The van der Waals surface area contributed by atoms with E-state index in [0.29, 0.717) is 5.56 Å². The molecular weight excluding hydrogens is 249 g/mol. The molecule has 2 heterocycles. The van der Waals surface area contributed by atoms with E-state index in [9.17, 15) is 13.2 Å². The second kappa shape index (κ2) is 3.45. The molecule has 2 aliphatic rings. The first-order valence-electron chi connectivity index (χ1n) is 5.19. The van der Waals surface area contributed by atoms with Crippen molar-refractivity contribution in [2.75, 3.05) is 0 Å². The van der Waals surface area contributed by atoms with Gasteiger partial charge in [-0.2, -0.15) is 18.4 Å². The van der Waals surface area contributed by atoms with E-state index >= 15 is 0 Å². The Morgan fingerprint density at radius 2 is 2.00 bits per heavy atom. The molecule has 2 aliphatic heterocycles. The van der Waals surface area contributed by atoms with Crippen LogP contribution in [0.2, 0.25) is 0 Å². The zero-order valence-corrected chi connectivity index (χ0v) is 8.94. The number of hydrogen-bond donors (Lipinski definition) is 0. The number of nitrogens with zero attached hydrogens (tertiary/aromatic N) is 2. The summed E-state index contributed by atoms with van der Waals surface area (Å²) in [5.74, 6) is 0. The van der Waals surface area contributed by atoms with E-state index in [2.05, 4.69) is 0 Å². The fraction of sp³-hybridized carbons (Fsp3) is 0.364. The highest BCUT2D eigenvalue weighted by atomic mass is 19.4. The van der Waals surface area contributed by atoms with Gasteiger partial charge in [0, 0.05) is 6.42 Å². The van der Waals surface area contributed by atoms with Crippen molar-refractivity contribution in [3.63, 3.8) is 0 Å². The van der Waals surface area contributed by atoms with E-state index < -0.39 is 23.6 Å². The third kappa shape index (κ3) is 1.66. The van der Waals surface area contributed by atoms with Gasteiger partial charge in [0.2, 0.25) is 0 Å². The Bertz CT molecular complexity index is 523. The zero-order valence-electron chi connectivity index (χ0n) is 8.94. The van der Waals surface area contributed by atoms with Gasteiger partial charge in [-0.3, -0.25) is 4.84 Å². The van der Waals surface area contributed by atoms with Gasteiger partial charge in [-0.1, -0.05) is 12.1 Å². The van der Waals surface area contributed by atoms with E-state index in [4.69, 9.17) is 14.9 Å². The Hall–Kier alpha value is -1.62. The highest BCUT2D eigenvalue weighted by molar-refractivity contribution is 5.28. The highest BCUT2D eigenvalue weighted by Gasteiger charge is 2.65. The Labute approximate surface area is 100 Å². The summed E-state index contributed by atoms with van der Waals surface area (Å²) >= 11 is 0. The molecule has 18 heavy (non-hydrogen) atoms. The van der Waals surface area contributed by atoms with Crippen molar-refractivity contribution >= 4 is 0 Å². The minimum Gasteiger partial charge on any atom is -0.262 e. The van der Waals surface area contributed by atoms with Crippen LogP contribution >= 0.6 is 0 Å². The van der Waals surface area contributed by atoms with Crippen molar-refractivity contribution in [3.8, 4) is 6.07 Å². The van der Waals surface area contributed by atoms with Crippen LogP contribution in [-0.4, -0.2) is 11.0 Å². The maximum absolute atomic E-state index is 12.4. The minimum absolute atomic E-state index is 0.287. The first-order chi connectivity index (χ1) is 8.44. The van der Waals surface area contributed by atoms with E-state index in [1.165, 1.54) is 12.1 Å². The van der Waals surface area contributed by atoms with Crippen molar-refractivity contribution in [2.45, 2.75) is 24.4 Å². The van der Waals surface area contributed by atoms with Gasteiger partial charge in [0.1, 0.15) is 12.2 Å². The lowest BCUT2D eigenvalue weighted by Gasteiger charge is -2.12. The monoisotopic (exact) mass is 256 g/mol. The van der Waals surface area contributed by atoms with Crippen LogP contribution in [-0.2, 0) is 15.9 Å². The molecule has 0 spiro atoms. The van der Waals surface area contributed by atoms with E-state index in [0.717, 1.165) is 17.4 Å². The van der Waals surface area contributed by atoms with Gasteiger partial charge in [-0.25, -0.2) is 4.84 Å². The number of hydroxylamine groups is 2. The molecule has 0 saturated carbocycles. The van der Waals surface area contributed by atoms with E-state index in [-0.39, 0.29) is 6.42 Å². The van der Waals surface area contributed by atoms with Crippen LogP contribution in [0.4, 0.5) is 13.2 Å². The van der Waals surface area contributed by atoms with Crippen LogP contribution in [0.5, 0.6) is 0 Å². The smallest absolute Gasteiger partial charge is 0.262 e. The predicted octanol–water partition coefficient (Wildman–Crippen LogP) is 2.55. The second-order valence-electron chi connectivity index (χ2n) is 4.16. The Morgan fingerprint density at radius 1 is 1.33 bits per heavy atom.